The van der Waals surface area contributed by atoms with E-state index in [9.17, 15) is 4.79 Å². The van der Waals surface area contributed by atoms with Gasteiger partial charge in [0.15, 0.2) is 0 Å². The summed E-state index contributed by atoms with van der Waals surface area (Å²) >= 11 is 1.42. The van der Waals surface area contributed by atoms with Crippen molar-refractivity contribution in [2.24, 2.45) is 0 Å². The lowest BCUT2D eigenvalue weighted by atomic mass is 10.5. The Kier molecular flexibility index (Phi) is 1.25. The lowest BCUT2D eigenvalue weighted by Gasteiger charge is -1.92. The molecule has 0 fully saturated rings. The molecule has 0 atom stereocenters. The van der Waals surface area contributed by atoms with E-state index in [1.807, 2.05) is 0 Å². The Labute approximate surface area is 66.7 Å². The molecule has 0 saturated heterocycles. The van der Waals surface area contributed by atoms with Crippen LogP contribution in [0.3, 0.4) is 0 Å². The maximum absolute atomic E-state index is 11.0. The predicted octanol–water partition coefficient (Wildman–Crippen LogP) is 0.759. The van der Waals surface area contributed by atoms with Crippen molar-refractivity contribution < 1.29 is 0 Å². The summed E-state index contributed by atoms with van der Waals surface area (Å²) in [5, 5.41) is 9.59. The minimum absolute atomic E-state index is 0.200. The molecule has 0 radical (unpaired) electrons. The van der Waals surface area contributed by atoms with Gasteiger partial charge in [0.05, 0.1) is 16.1 Å². The van der Waals surface area contributed by atoms with Gasteiger partial charge >= 0.3 is 0 Å². The third kappa shape index (κ3) is 0.932. The Morgan fingerprint density at radius 2 is 2.45 bits per heavy atom. The summed E-state index contributed by atoms with van der Waals surface area (Å²) in [6.07, 6.45) is 1.60. The first kappa shape index (κ1) is 6.48. The Morgan fingerprint density at radius 3 is 3.18 bits per heavy atom. The zero-order valence-electron chi connectivity index (χ0n) is 5.55. The van der Waals surface area contributed by atoms with Crippen LogP contribution in [0.15, 0.2) is 27.5 Å². The molecule has 0 spiro atoms. The maximum Gasteiger partial charge on any atom is 0.289 e. The lowest BCUT2D eigenvalue weighted by molar-refractivity contribution is 0.964. The van der Waals surface area contributed by atoms with Crippen molar-refractivity contribution in [3.63, 3.8) is 0 Å². The molecule has 0 amide bonds. The van der Waals surface area contributed by atoms with Gasteiger partial charge < -0.3 is 5.32 Å². The molecule has 1 aromatic heterocycles. The van der Waals surface area contributed by atoms with Crippen LogP contribution in [0.1, 0.15) is 0 Å². The summed E-state index contributed by atoms with van der Waals surface area (Å²) in [5.41, 5.74) is 0.351. The van der Waals surface area contributed by atoms with E-state index in [1.165, 1.54) is 11.8 Å². The molecule has 1 aliphatic heterocycles. The highest BCUT2D eigenvalue weighted by atomic mass is 32.2. The van der Waals surface area contributed by atoms with Crippen LogP contribution in [0.4, 0.5) is 5.69 Å². The standard InChI is InChI=1S/C6H5N3OS/c1-3-8-5-4(11-3)2-7-9-6(5)10/h2,8H,1H2,(H,9,10). The Bertz CT molecular complexity index is 370. The van der Waals surface area contributed by atoms with Crippen LogP contribution >= 0.6 is 11.8 Å². The zero-order valence-corrected chi connectivity index (χ0v) is 6.36. The highest BCUT2D eigenvalue weighted by molar-refractivity contribution is 8.03. The molecule has 0 aromatic carbocycles. The molecule has 11 heavy (non-hydrogen) atoms. The number of rotatable bonds is 0. The van der Waals surface area contributed by atoms with Crippen LogP contribution < -0.4 is 10.9 Å². The minimum Gasteiger partial charge on any atom is -0.345 e. The summed E-state index contributed by atoms with van der Waals surface area (Å²) < 4.78 is 0. The molecule has 5 heteroatoms. The van der Waals surface area contributed by atoms with Crippen LogP contribution in [-0.2, 0) is 0 Å². The Hall–Kier alpha value is -1.23. The van der Waals surface area contributed by atoms with E-state index in [0.717, 1.165) is 9.92 Å². The summed E-state index contributed by atoms with van der Waals surface area (Å²) in [6, 6.07) is 0. The topological polar surface area (TPSA) is 57.8 Å². The molecule has 2 rings (SSSR count). The van der Waals surface area contributed by atoms with Crippen LogP contribution in [0.2, 0.25) is 0 Å². The molecule has 1 aliphatic rings. The summed E-state index contributed by atoms with van der Waals surface area (Å²) in [6.45, 7) is 3.68. The molecule has 1 aromatic rings. The first-order chi connectivity index (χ1) is 5.27. The van der Waals surface area contributed by atoms with Crippen molar-refractivity contribution in [1.29, 1.82) is 0 Å². The van der Waals surface area contributed by atoms with E-state index >= 15 is 0 Å². The van der Waals surface area contributed by atoms with Gasteiger partial charge in [0.25, 0.3) is 5.56 Å². The van der Waals surface area contributed by atoms with Gasteiger partial charge in [0.2, 0.25) is 0 Å². The fraction of sp³-hybridized carbons (Fsp3) is 0. The van der Waals surface area contributed by atoms with E-state index in [-0.39, 0.29) is 5.56 Å². The van der Waals surface area contributed by atoms with Gasteiger partial charge in [-0.05, 0) is 0 Å². The second-order valence-corrected chi connectivity index (χ2v) is 3.23. The highest BCUT2D eigenvalue weighted by Crippen LogP contribution is 2.36. The van der Waals surface area contributed by atoms with Crippen molar-refractivity contribution in [3.8, 4) is 0 Å². The predicted molar refractivity (Wildman–Crippen MR) is 43.5 cm³/mol. The van der Waals surface area contributed by atoms with Gasteiger partial charge in [-0.15, -0.1) is 0 Å². The number of fused-ring (bicyclic) bond motifs is 1. The van der Waals surface area contributed by atoms with Crippen molar-refractivity contribution in [2.45, 2.75) is 4.90 Å². The van der Waals surface area contributed by atoms with E-state index < -0.39 is 0 Å². The first-order valence-electron chi connectivity index (χ1n) is 2.99. The molecule has 0 aliphatic carbocycles. The van der Waals surface area contributed by atoms with Gasteiger partial charge in [0.1, 0.15) is 5.69 Å². The number of hydrogen-bond donors (Lipinski definition) is 2. The van der Waals surface area contributed by atoms with Crippen molar-refractivity contribution in [1.82, 2.24) is 10.2 Å². The van der Waals surface area contributed by atoms with Gasteiger partial charge in [-0.2, -0.15) is 5.10 Å². The zero-order chi connectivity index (χ0) is 7.84. The largest absolute Gasteiger partial charge is 0.345 e. The van der Waals surface area contributed by atoms with Gasteiger partial charge in [-0.3, -0.25) is 4.79 Å². The molecule has 2 heterocycles. The number of H-pyrrole nitrogens is 1. The number of aromatic nitrogens is 2. The maximum atomic E-state index is 11.0. The summed E-state index contributed by atoms with van der Waals surface area (Å²) in [5.74, 6) is 0. The average Bonchev–Trinajstić information content (AvgIpc) is 2.31. The van der Waals surface area contributed by atoms with E-state index in [1.54, 1.807) is 6.20 Å². The number of thioether (sulfide) groups is 1. The lowest BCUT2D eigenvalue weighted by Crippen LogP contribution is -2.10. The number of aromatic amines is 1. The Balaban J connectivity index is 2.66. The first-order valence-corrected chi connectivity index (χ1v) is 3.80. The van der Waals surface area contributed by atoms with Gasteiger partial charge in [-0.1, -0.05) is 18.3 Å². The van der Waals surface area contributed by atoms with Crippen molar-refractivity contribution >= 4 is 17.4 Å². The molecule has 0 saturated carbocycles. The van der Waals surface area contributed by atoms with E-state index in [4.69, 9.17) is 0 Å². The number of nitrogens with one attached hydrogen (secondary N) is 2. The average molecular weight is 167 g/mol. The number of anilines is 1. The normalized spacial score (nSPS) is 14.4. The molecule has 0 unspecified atom stereocenters. The molecular weight excluding hydrogens is 162 g/mol. The van der Waals surface area contributed by atoms with Crippen molar-refractivity contribution in [2.75, 3.05) is 5.32 Å². The summed E-state index contributed by atoms with van der Waals surface area (Å²) in [4.78, 5) is 11.9. The van der Waals surface area contributed by atoms with Crippen LogP contribution in [-0.4, -0.2) is 10.2 Å². The fourth-order valence-corrected chi connectivity index (χ4v) is 1.65. The highest BCUT2D eigenvalue weighted by Gasteiger charge is 2.16. The van der Waals surface area contributed by atoms with Crippen LogP contribution in [0.5, 0.6) is 0 Å². The third-order valence-electron chi connectivity index (χ3n) is 1.32. The second kappa shape index (κ2) is 2.13. The van der Waals surface area contributed by atoms with E-state index in [0.29, 0.717) is 5.69 Å². The SMILES string of the molecule is C=C1Nc2c(cn[nH]c2=O)S1. The number of nitrogens with zero attached hydrogens (tertiary/aromatic N) is 1. The van der Waals surface area contributed by atoms with Crippen LogP contribution in [0.25, 0.3) is 0 Å². The second-order valence-electron chi connectivity index (χ2n) is 2.09. The number of hydrogen-bond acceptors (Lipinski definition) is 4. The smallest absolute Gasteiger partial charge is 0.289 e. The van der Waals surface area contributed by atoms with Gasteiger partial charge in [0, 0.05) is 0 Å². The van der Waals surface area contributed by atoms with Gasteiger partial charge in [-0.25, -0.2) is 5.10 Å². The molecule has 2 N–H and O–H groups in total. The van der Waals surface area contributed by atoms with Crippen molar-refractivity contribution in [3.05, 3.63) is 28.2 Å². The Morgan fingerprint density at radius 1 is 1.64 bits per heavy atom. The molecule has 0 bridgehead atoms. The fourth-order valence-electron chi connectivity index (χ4n) is 0.875. The van der Waals surface area contributed by atoms with Crippen LogP contribution in [0, 0.1) is 0 Å². The quantitative estimate of drug-likeness (QED) is 0.599. The summed E-state index contributed by atoms with van der Waals surface area (Å²) in [7, 11) is 0. The van der Waals surface area contributed by atoms with E-state index in [2.05, 4.69) is 22.1 Å². The molecular formula is C6H5N3OS. The molecule has 56 valence electrons. The monoisotopic (exact) mass is 167 g/mol. The third-order valence-corrected chi connectivity index (χ3v) is 2.20. The minimum atomic E-state index is -0.200. The molecule has 4 nitrogen and oxygen atoms in total.